The summed E-state index contributed by atoms with van der Waals surface area (Å²) >= 11 is 0. The van der Waals surface area contributed by atoms with Gasteiger partial charge in [0.05, 0.1) is 42.4 Å². The van der Waals surface area contributed by atoms with Gasteiger partial charge in [-0.25, -0.2) is 43.6 Å². The summed E-state index contributed by atoms with van der Waals surface area (Å²) in [6.45, 7) is 0. The van der Waals surface area contributed by atoms with Crippen LogP contribution in [0.4, 0.5) is 0 Å². The number of aromatic nitrogens is 4. The van der Waals surface area contributed by atoms with Gasteiger partial charge in [0, 0.05) is 44.3 Å². The molecule has 2 N–H and O–H groups in total. The van der Waals surface area contributed by atoms with Gasteiger partial charge in [-0.2, -0.15) is 0 Å². The smallest absolute Gasteiger partial charge is 0.744 e. The summed E-state index contributed by atoms with van der Waals surface area (Å²) in [6, 6.07) is 27.8. The van der Waals surface area contributed by atoms with Crippen molar-refractivity contribution in [2.24, 2.45) is 0 Å². The van der Waals surface area contributed by atoms with Crippen molar-refractivity contribution in [3.05, 3.63) is 144 Å². The van der Waals surface area contributed by atoms with E-state index in [2.05, 4.69) is 9.97 Å². The number of fused-ring (bicyclic) bond motifs is 8. The first kappa shape index (κ1) is 58.6. The maximum Gasteiger partial charge on any atom is 1.00 e. The molecule has 0 spiro atoms. The number of nitrogens with zero attached hydrogens (tertiary/aromatic N) is 2. The fourth-order valence-electron chi connectivity index (χ4n) is 7.57. The van der Waals surface area contributed by atoms with Crippen molar-refractivity contribution < 1.29 is 257 Å². The molecule has 5 heterocycles. The Hall–Kier alpha value is -0.335. The summed E-state index contributed by atoms with van der Waals surface area (Å²) in [4.78, 5) is 15.0. The molecule has 2 aliphatic rings. The molecular weight excluding hydrogens is 1060 g/mol. The van der Waals surface area contributed by atoms with E-state index in [4.69, 9.17) is 9.97 Å². The molecule has 0 unspecified atom stereocenters. The molecule has 0 fully saturated rings. The molecule has 0 amide bonds. The van der Waals surface area contributed by atoms with Crippen molar-refractivity contribution in [1.29, 1.82) is 0 Å². The van der Waals surface area contributed by atoms with Crippen molar-refractivity contribution in [2.75, 3.05) is 0 Å². The minimum absolute atomic E-state index is 0. The molecule has 2 aliphatic heterocycles. The number of nitrogens with one attached hydrogen (secondary N) is 2. The van der Waals surface area contributed by atoms with E-state index in [0.29, 0.717) is 89.4 Å². The second kappa shape index (κ2) is 23.1. The minimum atomic E-state index is -4.81. The summed E-state index contributed by atoms with van der Waals surface area (Å²) in [6.07, 6.45) is 6.79. The molecule has 7 aromatic rings. The van der Waals surface area contributed by atoms with Crippen LogP contribution in [-0.4, -0.2) is 71.8 Å². The Morgan fingerprint density at radius 3 is 0.632 bits per heavy atom. The molecule has 0 radical (unpaired) electrons. The summed E-state index contributed by atoms with van der Waals surface area (Å²) in [5, 5.41) is 0. The van der Waals surface area contributed by atoms with Gasteiger partial charge in [-0.1, -0.05) is 48.5 Å². The van der Waals surface area contributed by atoms with Crippen LogP contribution in [0.3, 0.4) is 0 Å². The summed E-state index contributed by atoms with van der Waals surface area (Å²) in [5.74, 6) is 0. The van der Waals surface area contributed by atoms with Gasteiger partial charge in [0.1, 0.15) is 40.5 Å². The van der Waals surface area contributed by atoms with Gasteiger partial charge in [0.2, 0.25) is 0 Å². The third kappa shape index (κ3) is 12.6. The Balaban J connectivity index is 0.00000216. The summed E-state index contributed by atoms with van der Waals surface area (Å²) < 4.78 is 143. The van der Waals surface area contributed by atoms with Crippen LogP contribution >= 0.6 is 0 Å². The van der Waals surface area contributed by atoms with Crippen molar-refractivity contribution in [1.82, 2.24) is 19.9 Å². The molecule has 4 aromatic carbocycles. The van der Waals surface area contributed by atoms with Gasteiger partial charge in [0.15, 0.2) is 0 Å². The quantitative estimate of drug-likeness (QED) is 0.107. The Bertz CT molecular complexity index is 3320. The van der Waals surface area contributed by atoms with E-state index in [9.17, 15) is 51.9 Å². The van der Waals surface area contributed by atoms with Crippen LogP contribution < -0.4 is 206 Å². The Labute approximate surface area is 560 Å². The molecule has 68 heavy (non-hydrogen) atoms. The normalized spacial score (nSPS) is 12.3. The van der Waals surface area contributed by atoms with Gasteiger partial charge in [-0.05, 0) is 119 Å². The molecule has 0 saturated heterocycles. The minimum Gasteiger partial charge on any atom is -0.744 e. The SMILES string of the molecule is O=S(=O)([O-])c1ccc(-c2c3nc(c(-c4ccc(S(=O)(=O)[O-])cc4)c4ccc([nH]4)c(-c4ccc(S(=O)(=O)[O-])cc4)c4nc(c(-c5ccc(S(=O)(=O)[O-])cc5)c5ccc2[nH]5)C=C4)C=C3)cc1.[K+].[K+].[K+].[K+]. The van der Waals surface area contributed by atoms with Crippen LogP contribution in [0.5, 0.6) is 0 Å². The molecule has 322 valence electrons. The van der Waals surface area contributed by atoms with E-state index in [1.165, 1.54) is 97.1 Å². The largest absolute Gasteiger partial charge is 1.00 e. The van der Waals surface area contributed by atoms with E-state index in [1.807, 2.05) is 0 Å². The number of H-pyrrole nitrogens is 2. The molecule has 0 aliphatic carbocycles. The molecular formula is C44H26K4N4O12S4. The number of hydrogen-bond donors (Lipinski definition) is 2. The monoisotopic (exact) mass is 1090 g/mol. The van der Waals surface area contributed by atoms with Crippen molar-refractivity contribution in [2.45, 2.75) is 19.6 Å². The predicted molar refractivity (Wildman–Crippen MR) is 232 cm³/mol. The third-order valence-corrected chi connectivity index (χ3v) is 13.9. The maximum atomic E-state index is 11.9. The molecule has 3 aromatic heterocycles. The van der Waals surface area contributed by atoms with E-state index in [-0.39, 0.29) is 206 Å². The average molecular weight is 1090 g/mol. The molecule has 24 heteroatoms. The molecule has 9 rings (SSSR count). The van der Waals surface area contributed by atoms with Gasteiger partial charge >= 0.3 is 206 Å². The van der Waals surface area contributed by atoms with Gasteiger partial charge < -0.3 is 28.2 Å². The molecule has 8 bridgehead atoms. The molecule has 16 nitrogen and oxygen atoms in total. The topological polar surface area (TPSA) is 286 Å². The van der Waals surface area contributed by atoms with E-state index in [1.54, 1.807) is 48.6 Å². The number of hydrogen-bond acceptors (Lipinski definition) is 14. The summed E-state index contributed by atoms with van der Waals surface area (Å²) in [7, 11) is -19.2. The van der Waals surface area contributed by atoms with Crippen LogP contribution in [0.1, 0.15) is 22.8 Å². The number of benzene rings is 4. The summed E-state index contributed by atoms with van der Waals surface area (Å²) in [5.41, 5.74) is 6.76. The van der Waals surface area contributed by atoms with Crippen molar-refractivity contribution in [3.63, 3.8) is 0 Å². The second-order valence-corrected chi connectivity index (χ2v) is 19.9. The van der Waals surface area contributed by atoms with E-state index < -0.39 is 60.1 Å². The molecule has 0 saturated carbocycles. The van der Waals surface area contributed by atoms with Gasteiger partial charge in [0.25, 0.3) is 0 Å². The van der Waals surface area contributed by atoms with E-state index >= 15 is 0 Å². The average Bonchev–Trinajstić information content (AvgIpc) is 4.08. The van der Waals surface area contributed by atoms with Crippen LogP contribution in [0.2, 0.25) is 0 Å². The van der Waals surface area contributed by atoms with Crippen molar-refractivity contribution >= 4 is 86.8 Å². The fraction of sp³-hybridized carbons (Fsp3) is 0. The zero-order valence-corrected chi connectivity index (χ0v) is 52.0. The fourth-order valence-corrected chi connectivity index (χ4v) is 9.45. The second-order valence-electron chi connectivity index (χ2n) is 14.4. The number of aromatic amines is 2. The predicted octanol–water partition coefficient (Wildman–Crippen LogP) is -5.04. The first-order valence-electron chi connectivity index (χ1n) is 18.6. The Kier molecular flexibility index (Phi) is 19.9. The maximum absolute atomic E-state index is 11.9. The third-order valence-electron chi connectivity index (χ3n) is 10.5. The van der Waals surface area contributed by atoms with Crippen LogP contribution in [0.25, 0.3) is 90.9 Å². The van der Waals surface area contributed by atoms with Gasteiger partial charge in [-0.15, -0.1) is 0 Å². The first-order valence-corrected chi connectivity index (χ1v) is 24.3. The van der Waals surface area contributed by atoms with E-state index in [0.717, 1.165) is 0 Å². The Morgan fingerprint density at radius 1 is 0.294 bits per heavy atom. The standard InChI is InChI=1S/C44H30N4O12S4.4K/c49-61(50,51)29-9-1-25(2-10-29)41-33-17-19-35(45-33)42(26-3-11-30(12-4-26)62(52,53)54)37-21-23-39(47-37)44(28-7-15-32(16-8-28)64(58,59)60)40-24-22-38(48-40)43(36-20-18-34(41)46-36)27-5-13-31(14-6-27)63(55,56)57;;;;/h1-24,45,48H,(H,49,50,51)(H,52,53,54)(H,55,56,57)(H,58,59,60);;;;/q;4*+1/p-4. The molecule has 0 atom stereocenters. The van der Waals surface area contributed by atoms with Crippen LogP contribution in [-0.2, 0) is 40.5 Å². The first-order chi connectivity index (χ1) is 30.2. The van der Waals surface area contributed by atoms with Crippen LogP contribution in [0.15, 0.2) is 141 Å². The van der Waals surface area contributed by atoms with Gasteiger partial charge in [-0.3, -0.25) is 0 Å². The zero-order valence-electron chi connectivity index (χ0n) is 36.3. The number of rotatable bonds is 8. The van der Waals surface area contributed by atoms with Crippen LogP contribution in [0, 0.1) is 0 Å². The van der Waals surface area contributed by atoms with Crippen molar-refractivity contribution in [3.8, 4) is 44.5 Å². The zero-order chi connectivity index (χ0) is 45.3. The Morgan fingerprint density at radius 2 is 0.471 bits per heavy atom.